The lowest BCUT2D eigenvalue weighted by Gasteiger charge is -2.46. The molecule has 5 nitrogen and oxygen atoms in total. The Morgan fingerprint density at radius 1 is 1.63 bits per heavy atom. The minimum absolute atomic E-state index is 0.160. The molecule has 1 aromatic rings. The van der Waals surface area contributed by atoms with Crippen LogP contribution in [0.15, 0.2) is 9.85 Å². The van der Waals surface area contributed by atoms with Crippen LogP contribution in [0.3, 0.4) is 0 Å². The van der Waals surface area contributed by atoms with Gasteiger partial charge in [0.05, 0.1) is 9.47 Å². The molecule has 1 amide bonds. The van der Waals surface area contributed by atoms with Crippen LogP contribution in [0.2, 0.25) is 0 Å². The molecule has 1 aromatic heterocycles. The maximum Gasteiger partial charge on any atom is 0.326 e. The molecular weight excluding hydrogens is 332 g/mol. The Kier molecular flexibility index (Phi) is 3.61. The number of hydrogen-bond acceptors (Lipinski definition) is 4. The molecule has 1 atom stereocenters. The van der Waals surface area contributed by atoms with Crippen LogP contribution in [0, 0.1) is 0 Å². The highest BCUT2D eigenvalue weighted by atomic mass is 79.9. The van der Waals surface area contributed by atoms with Gasteiger partial charge in [-0.05, 0) is 42.3 Å². The number of halogens is 1. The zero-order chi connectivity index (χ0) is 14.4. The molecule has 0 aliphatic carbocycles. The molecule has 0 aromatic carbocycles. The number of anilines is 1. The van der Waals surface area contributed by atoms with Gasteiger partial charge < -0.3 is 15.3 Å². The first-order valence-corrected chi connectivity index (χ1v) is 7.53. The van der Waals surface area contributed by atoms with Crippen LogP contribution in [0.25, 0.3) is 0 Å². The van der Waals surface area contributed by atoms with Crippen LogP contribution in [-0.2, 0) is 4.79 Å². The summed E-state index contributed by atoms with van der Waals surface area (Å²) in [6, 6.07) is 1.14. The van der Waals surface area contributed by atoms with E-state index in [4.69, 9.17) is 0 Å². The number of nitrogens with one attached hydrogen (secondary N) is 1. The van der Waals surface area contributed by atoms with Crippen LogP contribution in [0.4, 0.5) is 5.69 Å². The third kappa shape index (κ3) is 2.36. The van der Waals surface area contributed by atoms with E-state index in [9.17, 15) is 14.7 Å². The molecule has 0 saturated carbocycles. The van der Waals surface area contributed by atoms with Crippen LogP contribution in [-0.4, -0.2) is 28.7 Å². The molecule has 0 saturated heterocycles. The van der Waals surface area contributed by atoms with Crippen molar-refractivity contribution in [1.29, 1.82) is 0 Å². The SMILES string of the molecule is CCC(C(=O)O)N1c2cc(Br)sc2C(=O)NC1(C)C. The van der Waals surface area contributed by atoms with Gasteiger partial charge in [0, 0.05) is 0 Å². The first kappa shape index (κ1) is 14.3. The van der Waals surface area contributed by atoms with Crippen molar-refractivity contribution < 1.29 is 14.7 Å². The van der Waals surface area contributed by atoms with Gasteiger partial charge >= 0.3 is 5.97 Å². The van der Waals surface area contributed by atoms with Crippen LogP contribution >= 0.6 is 27.3 Å². The normalized spacial score (nSPS) is 18.7. The topological polar surface area (TPSA) is 69.6 Å². The summed E-state index contributed by atoms with van der Waals surface area (Å²) in [4.78, 5) is 25.8. The fourth-order valence-electron chi connectivity index (χ4n) is 2.41. The van der Waals surface area contributed by atoms with Crippen LogP contribution in [0.5, 0.6) is 0 Å². The maximum absolute atomic E-state index is 12.0. The molecule has 19 heavy (non-hydrogen) atoms. The summed E-state index contributed by atoms with van der Waals surface area (Å²) in [7, 11) is 0. The average molecular weight is 347 g/mol. The van der Waals surface area contributed by atoms with Gasteiger partial charge in [0.1, 0.15) is 16.6 Å². The van der Waals surface area contributed by atoms with Crippen molar-refractivity contribution in [3.8, 4) is 0 Å². The summed E-state index contributed by atoms with van der Waals surface area (Å²) >= 11 is 4.67. The number of carboxylic acid groups (broad SMARTS) is 1. The number of amides is 1. The molecule has 0 fully saturated rings. The first-order valence-electron chi connectivity index (χ1n) is 5.92. The Bertz CT molecular complexity index is 541. The highest BCUT2D eigenvalue weighted by Gasteiger charge is 2.43. The smallest absolute Gasteiger partial charge is 0.326 e. The number of hydrogen-bond donors (Lipinski definition) is 2. The molecular formula is C12H15BrN2O3S. The van der Waals surface area contributed by atoms with Crippen molar-refractivity contribution in [2.45, 2.75) is 38.9 Å². The number of thiophene rings is 1. The summed E-state index contributed by atoms with van der Waals surface area (Å²) in [6.45, 7) is 5.45. The van der Waals surface area contributed by atoms with Gasteiger partial charge in [-0.15, -0.1) is 11.3 Å². The first-order chi connectivity index (χ1) is 8.77. The zero-order valence-electron chi connectivity index (χ0n) is 10.9. The van der Waals surface area contributed by atoms with E-state index in [1.165, 1.54) is 11.3 Å². The average Bonchev–Trinajstić information content (AvgIpc) is 2.64. The number of carboxylic acids is 1. The monoisotopic (exact) mass is 346 g/mol. The molecule has 1 unspecified atom stereocenters. The summed E-state index contributed by atoms with van der Waals surface area (Å²) in [5.74, 6) is -1.05. The predicted octanol–water partition coefficient (Wildman–Crippen LogP) is 2.66. The highest BCUT2D eigenvalue weighted by molar-refractivity contribution is 9.11. The standard InChI is InChI=1S/C12H15BrN2O3S/c1-4-6(11(17)18)15-7-5-8(13)19-9(7)10(16)14-12(15,2)3/h5-6H,4H2,1-3H3,(H,14,16)(H,17,18). The number of rotatable bonds is 3. The van der Waals surface area contributed by atoms with Crippen molar-refractivity contribution in [1.82, 2.24) is 5.32 Å². The molecule has 0 radical (unpaired) electrons. The zero-order valence-corrected chi connectivity index (χ0v) is 13.3. The number of fused-ring (bicyclic) bond motifs is 1. The molecule has 2 heterocycles. The van der Waals surface area contributed by atoms with Crippen LogP contribution in [0.1, 0.15) is 36.9 Å². The number of carbonyl (C=O) groups excluding carboxylic acids is 1. The second-order valence-corrected chi connectivity index (χ2v) is 7.34. The molecule has 1 aliphatic rings. The van der Waals surface area contributed by atoms with Gasteiger partial charge in [0.15, 0.2) is 0 Å². The van der Waals surface area contributed by atoms with E-state index >= 15 is 0 Å². The molecule has 1 aliphatic heterocycles. The summed E-state index contributed by atoms with van der Waals surface area (Å²) in [5, 5.41) is 12.3. The number of carbonyl (C=O) groups is 2. The molecule has 0 spiro atoms. The van der Waals surface area contributed by atoms with E-state index in [1.54, 1.807) is 4.90 Å². The lowest BCUT2D eigenvalue weighted by atomic mass is 10.0. The Morgan fingerprint density at radius 3 is 2.79 bits per heavy atom. The molecule has 0 bridgehead atoms. The number of nitrogens with zero attached hydrogens (tertiary/aromatic N) is 1. The van der Waals surface area contributed by atoms with Crippen molar-refractivity contribution in [3.63, 3.8) is 0 Å². The van der Waals surface area contributed by atoms with Gasteiger partial charge in [-0.25, -0.2) is 4.79 Å². The van der Waals surface area contributed by atoms with Crippen molar-refractivity contribution in [2.75, 3.05) is 4.90 Å². The fraction of sp³-hybridized carbons (Fsp3) is 0.500. The third-order valence-corrected chi connectivity index (χ3v) is 4.78. The fourth-order valence-corrected chi connectivity index (χ4v) is 3.89. The summed E-state index contributed by atoms with van der Waals surface area (Å²) in [5.41, 5.74) is -0.0520. The van der Waals surface area contributed by atoms with Crippen molar-refractivity contribution >= 4 is 44.8 Å². The van der Waals surface area contributed by atoms with Gasteiger partial charge in [-0.2, -0.15) is 0 Å². The maximum atomic E-state index is 12.0. The lowest BCUT2D eigenvalue weighted by molar-refractivity contribution is -0.139. The minimum atomic E-state index is -0.889. The van der Waals surface area contributed by atoms with E-state index in [0.29, 0.717) is 17.0 Å². The Labute approximate surface area is 123 Å². The predicted molar refractivity (Wildman–Crippen MR) is 77.8 cm³/mol. The molecule has 2 rings (SSSR count). The highest BCUT2D eigenvalue weighted by Crippen LogP contribution is 2.41. The molecule has 104 valence electrons. The second kappa shape index (κ2) is 4.79. The largest absolute Gasteiger partial charge is 0.480 e. The lowest BCUT2D eigenvalue weighted by Crippen LogP contribution is -2.64. The van der Waals surface area contributed by atoms with E-state index < -0.39 is 17.7 Å². The minimum Gasteiger partial charge on any atom is -0.480 e. The van der Waals surface area contributed by atoms with Crippen LogP contribution < -0.4 is 10.2 Å². The Morgan fingerprint density at radius 2 is 2.26 bits per heavy atom. The van der Waals surface area contributed by atoms with Crippen molar-refractivity contribution in [2.24, 2.45) is 0 Å². The van der Waals surface area contributed by atoms with E-state index in [0.717, 1.165) is 3.79 Å². The van der Waals surface area contributed by atoms with Gasteiger partial charge in [0.2, 0.25) is 0 Å². The van der Waals surface area contributed by atoms with Gasteiger partial charge in [-0.1, -0.05) is 6.92 Å². The quantitative estimate of drug-likeness (QED) is 0.882. The molecule has 2 N–H and O–H groups in total. The Hall–Kier alpha value is -1.08. The second-order valence-electron chi connectivity index (χ2n) is 4.91. The summed E-state index contributed by atoms with van der Waals surface area (Å²) < 4.78 is 0.815. The third-order valence-electron chi connectivity index (χ3n) is 3.15. The summed E-state index contributed by atoms with van der Waals surface area (Å²) in [6.07, 6.45) is 0.460. The molecule has 7 heteroatoms. The number of aliphatic carboxylic acids is 1. The van der Waals surface area contributed by atoms with E-state index in [2.05, 4.69) is 21.2 Å². The van der Waals surface area contributed by atoms with Gasteiger partial charge in [0.25, 0.3) is 5.91 Å². The van der Waals surface area contributed by atoms with Gasteiger partial charge in [-0.3, -0.25) is 4.79 Å². The van der Waals surface area contributed by atoms with E-state index in [1.807, 2.05) is 26.8 Å². The van der Waals surface area contributed by atoms with E-state index in [-0.39, 0.29) is 5.91 Å². The Balaban J connectivity index is 2.58. The van der Waals surface area contributed by atoms with Crippen molar-refractivity contribution in [3.05, 3.63) is 14.7 Å².